The monoisotopic (exact) mass is 290 g/mol. The van der Waals surface area contributed by atoms with Gasteiger partial charge in [0.15, 0.2) is 0 Å². The van der Waals surface area contributed by atoms with Gasteiger partial charge in [0.05, 0.1) is 5.41 Å². The summed E-state index contributed by atoms with van der Waals surface area (Å²) in [6.07, 6.45) is 5.02. The SMILES string of the molecule is O=C(NCC1=CCNCC1)C1(c2cccc(Cl)c2)CC1. The first-order valence-corrected chi connectivity index (χ1v) is 7.51. The summed E-state index contributed by atoms with van der Waals surface area (Å²) < 4.78 is 0. The molecule has 2 aliphatic rings. The molecule has 4 heteroatoms. The highest BCUT2D eigenvalue weighted by Crippen LogP contribution is 2.48. The van der Waals surface area contributed by atoms with Gasteiger partial charge in [0.1, 0.15) is 0 Å². The van der Waals surface area contributed by atoms with E-state index in [9.17, 15) is 4.79 Å². The van der Waals surface area contributed by atoms with Crippen LogP contribution in [0.15, 0.2) is 35.9 Å². The van der Waals surface area contributed by atoms with Gasteiger partial charge in [-0.3, -0.25) is 4.79 Å². The summed E-state index contributed by atoms with van der Waals surface area (Å²) in [6.45, 7) is 2.58. The number of hydrogen-bond acceptors (Lipinski definition) is 2. The fraction of sp³-hybridized carbons (Fsp3) is 0.438. The number of hydrogen-bond donors (Lipinski definition) is 2. The first-order chi connectivity index (χ1) is 9.71. The lowest BCUT2D eigenvalue weighted by atomic mass is 9.95. The minimum absolute atomic E-state index is 0.138. The van der Waals surface area contributed by atoms with Crippen molar-refractivity contribution in [2.24, 2.45) is 0 Å². The van der Waals surface area contributed by atoms with Gasteiger partial charge in [0, 0.05) is 18.1 Å². The second kappa shape index (κ2) is 5.58. The second-order valence-corrected chi connectivity index (χ2v) is 6.03. The Labute approximate surface area is 124 Å². The molecule has 1 fully saturated rings. The van der Waals surface area contributed by atoms with Crippen LogP contribution in [0, 0.1) is 0 Å². The Kier molecular flexibility index (Phi) is 3.81. The summed E-state index contributed by atoms with van der Waals surface area (Å²) in [6, 6.07) is 7.68. The second-order valence-electron chi connectivity index (χ2n) is 5.59. The highest BCUT2D eigenvalue weighted by molar-refractivity contribution is 6.30. The Morgan fingerprint density at radius 3 is 2.90 bits per heavy atom. The van der Waals surface area contributed by atoms with Crippen molar-refractivity contribution < 1.29 is 4.79 Å². The van der Waals surface area contributed by atoms with Gasteiger partial charge in [-0.2, -0.15) is 0 Å². The maximum Gasteiger partial charge on any atom is 0.230 e. The average molecular weight is 291 g/mol. The van der Waals surface area contributed by atoms with Crippen molar-refractivity contribution >= 4 is 17.5 Å². The summed E-state index contributed by atoms with van der Waals surface area (Å²) in [5.74, 6) is 0.138. The highest BCUT2D eigenvalue weighted by atomic mass is 35.5. The van der Waals surface area contributed by atoms with E-state index in [4.69, 9.17) is 11.6 Å². The fourth-order valence-electron chi connectivity index (χ4n) is 2.75. The van der Waals surface area contributed by atoms with Crippen LogP contribution in [0.5, 0.6) is 0 Å². The van der Waals surface area contributed by atoms with Gasteiger partial charge in [-0.25, -0.2) is 0 Å². The molecule has 0 spiro atoms. The van der Waals surface area contributed by atoms with Crippen LogP contribution in [0.25, 0.3) is 0 Å². The Hall–Kier alpha value is -1.32. The van der Waals surface area contributed by atoms with Crippen molar-refractivity contribution in [1.82, 2.24) is 10.6 Å². The van der Waals surface area contributed by atoms with E-state index in [1.165, 1.54) is 5.57 Å². The third-order valence-electron chi connectivity index (χ3n) is 4.20. The largest absolute Gasteiger partial charge is 0.352 e. The van der Waals surface area contributed by atoms with Crippen molar-refractivity contribution in [2.45, 2.75) is 24.7 Å². The Morgan fingerprint density at radius 1 is 1.40 bits per heavy atom. The Morgan fingerprint density at radius 2 is 2.25 bits per heavy atom. The average Bonchev–Trinajstić information content (AvgIpc) is 3.28. The summed E-state index contributed by atoms with van der Waals surface area (Å²) in [4.78, 5) is 12.5. The smallest absolute Gasteiger partial charge is 0.230 e. The molecule has 3 rings (SSSR count). The fourth-order valence-corrected chi connectivity index (χ4v) is 2.94. The standard InChI is InChI=1S/C16H19ClN2O/c17-14-3-1-2-13(10-14)16(6-7-16)15(20)19-11-12-4-8-18-9-5-12/h1-4,10,18H,5-9,11H2,(H,19,20). The molecule has 0 saturated heterocycles. The lowest BCUT2D eigenvalue weighted by molar-refractivity contribution is -0.123. The van der Waals surface area contributed by atoms with E-state index >= 15 is 0 Å². The molecule has 0 atom stereocenters. The van der Waals surface area contributed by atoms with Crippen LogP contribution in [-0.2, 0) is 10.2 Å². The van der Waals surface area contributed by atoms with Gasteiger partial charge in [0.2, 0.25) is 5.91 Å². The molecule has 0 radical (unpaired) electrons. The van der Waals surface area contributed by atoms with Crippen LogP contribution in [-0.4, -0.2) is 25.5 Å². The highest BCUT2D eigenvalue weighted by Gasteiger charge is 2.51. The molecule has 0 unspecified atom stereocenters. The van der Waals surface area contributed by atoms with Gasteiger partial charge in [0.25, 0.3) is 0 Å². The van der Waals surface area contributed by atoms with Crippen LogP contribution >= 0.6 is 11.6 Å². The van der Waals surface area contributed by atoms with E-state index in [1.54, 1.807) is 0 Å². The van der Waals surface area contributed by atoms with Crippen molar-refractivity contribution in [3.8, 4) is 0 Å². The van der Waals surface area contributed by atoms with Gasteiger partial charge in [-0.1, -0.05) is 35.4 Å². The Balaban J connectivity index is 1.66. The molecule has 1 aliphatic carbocycles. The van der Waals surface area contributed by atoms with Crippen molar-refractivity contribution in [2.75, 3.05) is 19.6 Å². The first-order valence-electron chi connectivity index (χ1n) is 7.14. The zero-order valence-corrected chi connectivity index (χ0v) is 12.2. The van der Waals surface area contributed by atoms with Gasteiger partial charge in [-0.05, 0) is 43.5 Å². The first kappa shape index (κ1) is 13.7. The van der Waals surface area contributed by atoms with E-state index in [2.05, 4.69) is 16.7 Å². The topological polar surface area (TPSA) is 41.1 Å². The predicted molar refractivity (Wildman–Crippen MR) is 80.9 cm³/mol. The van der Waals surface area contributed by atoms with E-state index < -0.39 is 0 Å². The molecule has 1 aromatic carbocycles. The maximum atomic E-state index is 12.5. The van der Waals surface area contributed by atoms with Crippen LogP contribution in [0.2, 0.25) is 5.02 Å². The minimum Gasteiger partial charge on any atom is -0.352 e. The van der Waals surface area contributed by atoms with Gasteiger partial charge < -0.3 is 10.6 Å². The number of benzene rings is 1. The number of rotatable bonds is 4. The molecule has 1 amide bonds. The van der Waals surface area contributed by atoms with E-state index in [0.717, 1.165) is 37.9 Å². The molecule has 20 heavy (non-hydrogen) atoms. The molecule has 1 saturated carbocycles. The Bertz CT molecular complexity index is 549. The number of amides is 1. The zero-order valence-electron chi connectivity index (χ0n) is 11.4. The maximum absolute atomic E-state index is 12.5. The third kappa shape index (κ3) is 2.74. The molecule has 3 nitrogen and oxygen atoms in total. The molecule has 106 valence electrons. The number of halogens is 1. The molecule has 0 aromatic heterocycles. The van der Waals surface area contributed by atoms with Crippen LogP contribution < -0.4 is 10.6 Å². The molecule has 1 aliphatic heterocycles. The van der Waals surface area contributed by atoms with E-state index in [-0.39, 0.29) is 11.3 Å². The number of carbonyl (C=O) groups is 1. The number of carbonyl (C=O) groups excluding carboxylic acids is 1. The zero-order chi connectivity index (χ0) is 14.0. The van der Waals surface area contributed by atoms with Crippen molar-refractivity contribution in [3.05, 3.63) is 46.5 Å². The molecule has 0 bridgehead atoms. The van der Waals surface area contributed by atoms with Gasteiger partial charge >= 0.3 is 0 Å². The van der Waals surface area contributed by atoms with Crippen molar-refractivity contribution in [3.63, 3.8) is 0 Å². The quantitative estimate of drug-likeness (QED) is 0.836. The summed E-state index contributed by atoms with van der Waals surface area (Å²) in [5.41, 5.74) is 2.03. The van der Waals surface area contributed by atoms with Gasteiger partial charge in [-0.15, -0.1) is 0 Å². The molecule has 1 aromatic rings. The molecular formula is C16H19ClN2O. The van der Waals surface area contributed by atoms with Crippen LogP contribution in [0.3, 0.4) is 0 Å². The van der Waals surface area contributed by atoms with Crippen molar-refractivity contribution in [1.29, 1.82) is 0 Å². The normalized spacial score (nSPS) is 20.1. The van der Waals surface area contributed by atoms with Crippen LogP contribution in [0.4, 0.5) is 0 Å². The summed E-state index contributed by atoms with van der Waals surface area (Å²) in [7, 11) is 0. The van der Waals surface area contributed by atoms with E-state index in [0.29, 0.717) is 11.6 Å². The minimum atomic E-state index is -0.335. The number of nitrogens with one attached hydrogen (secondary N) is 2. The van der Waals surface area contributed by atoms with Crippen LogP contribution in [0.1, 0.15) is 24.8 Å². The molecular weight excluding hydrogens is 272 g/mol. The summed E-state index contributed by atoms with van der Waals surface area (Å²) in [5, 5.41) is 7.07. The lowest BCUT2D eigenvalue weighted by Gasteiger charge is -2.19. The predicted octanol–water partition coefficient (Wildman–Crippen LogP) is 2.41. The molecule has 2 N–H and O–H groups in total. The molecule has 1 heterocycles. The lowest BCUT2D eigenvalue weighted by Crippen LogP contribution is -2.37. The summed E-state index contributed by atoms with van der Waals surface area (Å²) >= 11 is 6.03. The van der Waals surface area contributed by atoms with E-state index in [1.807, 2.05) is 24.3 Å². The third-order valence-corrected chi connectivity index (χ3v) is 4.43.